The number of rotatable bonds is 2. The number of anilines is 2. The van der Waals surface area contributed by atoms with Crippen LogP contribution in [0.3, 0.4) is 0 Å². The van der Waals surface area contributed by atoms with E-state index >= 15 is 0 Å². The highest BCUT2D eigenvalue weighted by atomic mass is 32.1. The summed E-state index contributed by atoms with van der Waals surface area (Å²) in [4.78, 5) is 27.2. The van der Waals surface area contributed by atoms with E-state index in [4.69, 9.17) is 0 Å². The third-order valence-electron chi connectivity index (χ3n) is 4.42. The molecule has 0 fully saturated rings. The van der Waals surface area contributed by atoms with E-state index in [2.05, 4.69) is 5.32 Å². The Morgan fingerprint density at radius 3 is 3.05 bits per heavy atom. The molecule has 5 heteroatoms. The second kappa shape index (κ2) is 4.95. The molecule has 0 spiro atoms. The van der Waals surface area contributed by atoms with Gasteiger partial charge in [-0.05, 0) is 54.5 Å². The molecule has 0 saturated carbocycles. The third kappa shape index (κ3) is 1.96. The molecule has 2 aliphatic rings. The fourth-order valence-corrected chi connectivity index (χ4v) is 3.99. The average molecular weight is 312 g/mol. The molecule has 1 N–H and O–H groups in total. The van der Waals surface area contributed by atoms with Crippen molar-refractivity contribution in [2.24, 2.45) is 0 Å². The summed E-state index contributed by atoms with van der Waals surface area (Å²) in [6, 6.07) is 7.65. The van der Waals surface area contributed by atoms with Crippen LogP contribution in [-0.2, 0) is 11.2 Å². The lowest BCUT2D eigenvalue weighted by Crippen LogP contribution is -2.32. The molecule has 0 saturated heterocycles. The predicted molar refractivity (Wildman–Crippen MR) is 87.8 cm³/mol. The highest BCUT2D eigenvalue weighted by Crippen LogP contribution is 2.44. The number of nitrogens with zero attached hydrogens (tertiary/aromatic N) is 1. The number of thiophene rings is 1. The summed E-state index contributed by atoms with van der Waals surface area (Å²) in [5.74, 6) is -0.0325. The lowest BCUT2D eigenvalue weighted by Gasteiger charge is -2.26. The largest absolute Gasteiger partial charge is 0.321 e. The van der Waals surface area contributed by atoms with Gasteiger partial charge in [0, 0.05) is 12.2 Å². The standard InChI is InChI=1S/C17H16N2O2S/c1-10-13-9-12(18-16(20)14-5-3-7-22-14)8-11-4-2-6-19(15(11)13)17(10)21/h3,5,7-10H,2,4,6H2,1H3,(H,18,20)/t10-/m0/s1. The van der Waals surface area contributed by atoms with Gasteiger partial charge in [0.05, 0.1) is 16.5 Å². The molecule has 1 aromatic heterocycles. The van der Waals surface area contributed by atoms with E-state index in [1.165, 1.54) is 16.9 Å². The zero-order chi connectivity index (χ0) is 15.3. The third-order valence-corrected chi connectivity index (χ3v) is 5.29. The van der Waals surface area contributed by atoms with Gasteiger partial charge in [-0.1, -0.05) is 6.07 Å². The Hall–Kier alpha value is -2.14. The van der Waals surface area contributed by atoms with Crippen molar-refractivity contribution in [3.63, 3.8) is 0 Å². The monoisotopic (exact) mass is 312 g/mol. The number of hydrogen-bond donors (Lipinski definition) is 1. The van der Waals surface area contributed by atoms with Gasteiger partial charge in [0.1, 0.15) is 0 Å². The zero-order valence-corrected chi connectivity index (χ0v) is 13.1. The molecule has 1 atom stereocenters. The first kappa shape index (κ1) is 13.5. The molecule has 0 unspecified atom stereocenters. The number of amides is 2. The molecule has 3 heterocycles. The van der Waals surface area contributed by atoms with Crippen molar-refractivity contribution in [3.8, 4) is 0 Å². The molecule has 0 radical (unpaired) electrons. The van der Waals surface area contributed by atoms with E-state index in [1.807, 2.05) is 41.5 Å². The molecule has 112 valence electrons. The van der Waals surface area contributed by atoms with Crippen LogP contribution in [-0.4, -0.2) is 18.4 Å². The van der Waals surface area contributed by atoms with Crippen LogP contribution in [0.5, 0.6) is 0 Å². The molecule has 1 aromatic carbocycles. The minimum absolute atomic E-state index is 0.0909. The SMILES string of the molecule is C[C@@H]1C(=O)N2CCCc3cc(NC(=O)c4cccs4)cc1c32. The van der Waals surface area contributed by atoms with Crippen LogP contribution in [0.4, 0.5) is 11.4 Å². The molecular weight excluding hydrogens is 296 g/mol. The molecule has 2 amide bonds. The van der Waals surface area contributed by atoms with E-state index in [-0.39, 0.29) is 17.7 Å². The normalized spacial score (nSPS) is 19.2. The summed E-state index contributed by atoms with van der Waals surface area (Å²) in [6.45, 7) is 2.76. The summed E-state index contributed by atoms with van der Waals surface area (Å²) >= 11 is 1.42. The van der Waals surface area contributed by atoms with Crippen LogP contribution in [0, 0.1) is 0 Å². The first-order valence-corrected chi connectivity index (χ1v) is 8.36. The van der Waals surface area contributed by atoms with Gasteiger partial charge < -0.3 is 10.2 Å². The molecular formula is C17H16N2O2S. The predicted octanol–water partition coefficient (Wildman–Crippen LogP) is 3.40. The minimum atomic E-state index is -0.120. The van der Waals surface area contributed by atoms with Crippen LogP contribution < -0.4 is 10.2 Å². The second-order valence-corrected chi connectivity index (χ2v) is 6.77. The van der Waals surface area contributed by atoms with Gasteiger partial charge in [0.15, 0.2) is 0 Å². The van der Waals surface area contributed by atoms with Crippen LogP contribution in [0.15, 0.2) is 29.6 Å². The zero-order valence-electron chi connectivity index (χ0n) is 12.3. The number of aryl methyl sites for hydroxylation is 1. The van der Waals surface area contributed by atoms with E-state index in [0.29, 0.717) is 4.88 Å². The Balaban J connectivity index is 1.72. The Morgan fingerprint density at radius 1 is 1.41 bits per heavy atom. The molecule has 2 aliphatic heterocycles. The maximum atomic E-state index is 12.3. The van der Waals surface area contributed by atoms with Crippen LogP contribution in [0.2, 0.25) is 0 Å². The summed E-state index contributed by atoms with van der Waals surface area (Å²) in [5, 5.41) is 4.85. The number of carbonyl (C=O) groups is 2. The van der Waals surface area contributed by atoms with Gasteiger partial charge in [-0.3, -0.25) is 9.59 Å². The fourth-order valence-electron chi connectivity index (χ4n) is 3.37. The van der Waals surface area contributed by atoms with Gasteiger partial charge in [-0.25, -0.2) is 0 Å². The first-order chi connectivity index (χ1) is 10.6. The summed E-state index contributed by atoms with van der Waals surface area (Å²) in [7, 11) is 0. The number of nitrogens with one attached hydrogen (secondary N) is 1. The van der Waals surface area contributed by atoms with Crippen molar-refractivity contribution in [1.29, 1.82) is 0 Å². The van der Waals surface area contributed by atoms with Gasteiger partial charge in [0.2, 0.25) is 5.91 Å². The van der Waals surface area contributed by atoms with Crippen molar-refractivity contribution in [3.05, 3.63) is 45.6 Å². The Morgan fingerprint density at radius 2 is 2.27 bits per heavy atom. The lowest BCUT2D eigenvalue weighted by atomic mass is 9.96. The molecule has 0 aliphatic carbocycles. The molecule has 0 bridgehead atoms. The van der Waals surface area contributed by atoms with Crippen molar-refractivity contribution in [2.45, 2.75) is 25.7 Å². The van der Waals surface area contributed by atoms with Gasteiger partial charge >= 0.3 is 0 Å². The number of carbonyl (C=O) groups excluding carboxylic acids is 2. The Bertz CT molecular complexity index is 767. The number of benzene rings is 1. The van der Waals surface area contributed by atoms with Gasteiger partial charge in [-0.15, -0.1) is 11.3 Å². The Kier molecular flexibility index (Phi) is 3.04. The average Bonchev–Trinajstić information content (AvgIpc) is 3.13. The summed E-state index contributed by atoms with van der Waals surface area (Å²) in [5.41, 5.74) is 4.08. The van der Waals surface area contributed by atoms with Crippen molar-refractivity contribution in [2.75, 3.05) is 16.8 Å². The maximum absolute atomic E-state index is 12.3. The first-order valence-electron chi connectivity index (χ1n) is 7.48. The highest BCUT2D eigenvalue weighted by Gasteiger charge is 2.37. The van der Waals surface area contributed by atoms with Gasteiger partial charge in [-0.2, -0.15) is 0 Å². The molecule has 4 nitrogen and oxygen atoms in total. The smallest absolute Gasteiger partial charge is 0.265 e. The molecule has 4 rings (SSSR count). The van der Waals surface area contributed by atoms with Crippen molar-refractivity contribution < 1.29 is 9.59 Å². The maximum Gasteiger partial charge on any atom is 0.265 e. The fraction of sp³-hybridized carbons (Fsp3) is 0.294. The van der Waals surface area contributed by atoms with Crippen LogP contribution in [0.25, 0.3) is 0 Å². The Labute approximate surface area is 132 Å². The quantitative estimate of drug-likeness (QED) is 0.924. The van der Waals surface area contributed by atoms with Crippen molar-refractivity contribution >= 4 is 34.5 Å². The van der Waals surface area contributed by atoms with Crippen molar-refractivity contribution in [1.82, 2.24) is 0 Å². The van der Waals surface area contributed by atoms with E-state index in [1.54, 1.807) is 0 Å². The summed E-state index contributed by atoms with van der Waals surface area (Å²) < 4.78 is 0. The molecule has 2 aromatic rings. The van der Waals surface area contributed by atoms with Gasteiger partial charge in [0.25, 0.3) is 5.91 Å². The number of hydrogen-bond acceptors (Lipinski definition) is 3. The molecule has 22 heavy (non-hydrogen) atoms. The van der Waals surface area contributed by atoms with Crippen LogP contribution in [0.1, 0.15) is 40.1 Å². The summed E-state index contributed by atoms with van der Waals surface area (Å²) in [6.07, 6.45) is 1.94. The minimum Gasteiger partial charge on any atom is -0.321 e. The van der Waals surface area contributed by atoms with E-state index in [0.717, 1.165) is 36.3 Å². The van der Waals surface area contributed by atoms with E-state index < -0.39 is 0 Å². The highest BCUT2D eigenvalue weighted by molar-refractivity contribution is 7.12. The lowest BCUT2D eigenvalue weighted by molar-refractivity contribution is -0.119. The van der Waals surface area contributed by atoms with Crippen LogP contribution >= 0.6 is 11.3 Å². The second-order valence-electron chi connectivity index (χ2n) is 5.82. The van der Waals surface area contributed by atoms with E-state index in [9.17, 15) is 9.59 Å². The topological polar surface area (TPSA) is 49.4 Å².